The van der Waals surface area contributed by atoms with E-state index in [1.807, 2.05) is 54.6 Å². The van der Waals surface area contributed by atoms with E-state index in [1.54, 1.807) is 16.4 Å². The van der Waals surface area contributed by atoms with Crippen molar-refractivity contribution >= 4 is 21.7 Å². The van der Waals surface area contributed by atoms with Crippen LogP contribution in [-0.2, 0) is 10.0 Å². The van der Waals surface area contributed by atoms with Crippen molar-refractivity contribution in [1.29, 1.82) is 0 Å². The normalized spacial score (nSPS) is 17.6. The van der Waals surface area contributed by atoms with Crippen molar-refractivity contribution in [2.75, 3.05) is 49.1 Å². The molecule has 0 spiro atoms. The van der Waals surface area contributed by atoms with Crippen LogP contribution in [0.1, 0.15) is 12.8 Å². The Labute approximate surface area is 189 Å². The van der Waals surface area contributed by atoms with Crippen LogP contribution in [-0.4, -0.2) is 62.2 Å². The third-order valence-corrected chi connectivity index (χ3v) is 8.14. The summed E-state index contributed by atoms with van der Waals surface area (Å²) in [5.41, 5.74) is 2.08. The van der Waals surface area contributed by atoms with E-state index < -0.39 is 10.0 Å². The van der Waals surface area contributed by atoms with Gasteiger partial charge in [-0.3, -0.25) is 0 Å². The molecule has 0 atom stereocenters. The molecule has 166 valence electrons. The Hall–Kier alpha value is -2.97. The summed E-state index contributed by atoms with van der Waals surface area (Å²) in [7, 11) is -3.52. The number of benzene rings is 2. The molecule has 1 aromatic heterocycles. The number of rotatable bonds is 5. The first-order valence-electron chi connectivity index (χ1n) is 11.1. The van der Waals surface area contributed by atoms with Gasteiger partial charge >= 0.3 is 0 Å². The van der Waals surface area contributed by atoms with Gasteiger partial charge in [0.15, 0.2) is 11.6 Å². The predicted molar refractivity (Wildman–Crippen MR) is 126 cm³/mol. The van der Waals surface area contributed by atoms with E-state index in [0.29, 0.717) is 31.1 Å². The molecule has 2 aromatic carbocycles. The molecule has 0 bridgehead atoms. The van der Waals surface area contributed by atoms with Gasteiger partial charge < -0.3 is 9.80 Å². The third kappa shape index (κ3) is 4.20. The van der Waals surface area contributed by atoms with Gasteiger partial charge in [0.2, 0.25) is 10.0 Å². The van der Waals surface area contributed by atoms with Crippen LogP contribution in [0, 0.1) is 0 Å². The van der Waals surface area contributed by atoms with Gasteiger partial charge in [-0.15, -0.1) is 10.2 Å². The summed E-state index contributed by atoms with van der Waals surface area (Å²) in [5, 5.41) is 8.78. The maximum absolute atomic E-state index is 13.1. The molecule has 0 unspecified atom stereocenters. The molecule has 32 heavy (non-hydrogen) atoms. The molecule has 0 aliphatic carbocycles. The Bertz CT molecular complexity index is 1140. The van der Waals surface area contributed by atoms with Crippen LogP contribution in [0.3, 0.4) is 0 Å². The molecule has 2 fully saturated rings. The lowest BCUT2D eigenvalue weighted by Crippen LogP contribution is -2.49. The number of sulfonamides is 1. The Kier molecular flexibility index (Phi) is 5.80. The lowest BCUT2D eigenvalue weighted by molar-refractivity contribution is 0.383. The standard InChI is InChI=1S/C24H27N5O2S/c30-32(31,22-10-8-21(9-11-22)20-6-2-1-3-7-20)29-18-16-28(17-19-29)24-13-12-23(25-26-24)27-14-4-5-15-27/h1-3,6-13H,4-5,14-19H2. The van der Waals surface area contributed by atoms with Crippen molar-refractivity contribution in [2.45, 2.75) is 17.7 Å². The molecule has 0 saturated carbocycles. The summed E-state index contributed by atoms with van der Waals surface area (Å²) in [6.07, 6.45) is 2.41. The van der Waals surface area contributed by atoms with Gasteiger partial charge in [0.05, 0.1) is 4.90 Å². The third-order valence-electron chi connectivity index (χ3n) is 6.23. The maximum Gasteiger partial charge on any atom is 0.243 e. The Morgan fingerprint density at radius 3 is 1.69 bits per heavy atom. The first-order chi connectivity index (χ1) is 15.6. The minimum absolute atomic E-state index is 0.334. The van der Waals surface area contributed by atoms with Crippen LogP contribution < -0.4 is 9.80 Å². The average Bonchev–Trinajstić information content (AvgIpc) is 3.40. The fraction of sp³-hybridized carbons (Fsp3) is 0.333. The summed E-state index contributed by atoms with van der Waals surface area (Å²) >= 11 is 0. The summed E-state index contributed by atoms with van der Waals surface area (Å²) in [6.45, 7) is 4.13. The molecule has 0 N–H and O–H groups in total. The minimum Gasteiger partial charge on any atom is -0.355 e. The highest BCUT2D eigenvalue weighted by Crippen LogP contribution is 2.25. The number of piperazine rings is 1. The highest BCUT2D eigenvalue weighted by Gasteiger charge is 2.29. The molecule has 8 heteroatoms. The lowest BCUT2D eigenvalue weighted by atomic mass is 10.1. The van der Waals surface area contributed by atoms with Crippen molar-refractivity contribution in [1.82, 2.24) is 14.5 Å². The molecule has 0 radical (unpaired) electrons. The van der Waals surface area contributed by atoms with E-state index in [2.05, 4.69) is 20.0 Å². The van der Waals surface area contributed by atoms with Crippen molar-refractivity contribution in [3.63, 3.8) is 0 Å². The number of anilines is 2. The summed E-state index contributed by atoms with van der Waals surface area (Å²) in [6, 6.07) is 21.1. The summed E-state index contributed by atoms with van der Waals surface area (Å²) < 4.78 is 27.9. The molecular weight excluding hydrogens is 422 g/mol. The van der Waals surface area contributed by atoms with Crippen LogP contribution in [0.4, 0.5) is 11.6 Å². The number of hydrogen-bond acceptors (Lipinski definition) is 6. The van der Waals surface area contributed by atoms with Crippen LogP contribution >= 0.6 is 0 Å². The van der Waals surface area contributed by atoms with E-state index in [0.717, 1.165) is 35.9 Å². The van der Waals surface area contributed by atoms with Gasteiger partial charge in [-0.25, -0.2) is 8.42 Å². The second-order valence-corrected chi connectivity index (χ2v) is 10.2. The molecular formula is C24H27N5O2S. The zero-order valence-corrected chi connectivity index (χ0v) is 18.8. The van der Waals surface area contributed by atoms with Crippen LogP contribution in [0.25, 0.3) is 11.1 Å². The monoisotopic (exact) mass is 449 g/mol. The predicted octanol–water partition coefficient (Wildman–Crippen LogP) is 3.25. The fourth-order valence-electron chi connectivity index (χ4n) is 4.36. The molecule has 0 amide bonds. The average molecular weight is 450 g/mol. The second kappa shape index (κ2) is 8.88. The topological polar surface area (TPSA) is 69.6 Å². The first-order valence-corrected chi connectivity index (χ1v) is 12.5. The van der Waals surface area contributed by atoms with E-state index in [-0.39, 0.29) is 0 Å². The lowest BCUT2D eigenvalue weighted by Gasteiger charge is -2.34. The zero-order chi connectivity index (χ0) is 22.0. The van der Waals surface area contributed by atoms with Crippen molar-refractivity contribution in [3.05, 3.63) is 66.7 Å². The molecule has 3 aromatic rings. The molecule has 3 heterocycles. The fourth-order valence-corrected chi connectivity index (χ4v) is 5.78. The highest BCUT2D eigenvalue weighted by molar-refractivity contribution is 7.89. The van der Waals surface area contributed by atoms with Crippen molar-refractivity contribution < 1.29 is 8.42 Å². The summed E-state index contributed by atoms with van der Waals surface area (Å²) in [4.78, 5) is 4.69. The van der Waals surface area contributed by atoms with E-state index in [9.17, 15) is 8.42 Å². The molecule has 7 nitrogen and oxygen atoms in total. The first kappa shape index (κ1) is 20.9. The Balaban J connectivity index is 1.23. The van der Waals surface area contributed by atoms with E-state index in [1.165, 1.54) is 12.8 Å². The van der Waals surface area contributed by atoms with Crippen molar-refractivity contribution in [2.24, 2.45) is 0 Å². The smallest absolute Gasteiger partial charge is 0.243 e. The SMILES string of the molecule is O=S(=O)(c1ccc(-c2ccccc2)cc1)N1CCN(c2ccc(N3CCCC3)nn2)CC1. The summed E-state index contributed by atoms with van der Waals surface area (Å²) in [5.74, 6) is 1.73. The van der Waals surface area contributed by atoms with Gasteiger partial charge in [-0.05, 0) is 48.2 Å². The van der Waals surface area contributed by atoms with Gasteiger partial charge in [0.1, 0.15) is 0 Å². The van der Waals surface area contributed by atoms with E-state index in [4.69, 9.17) is 0 Å². The Morgan fingerprint density at radius 1 is 0.594 bits per heavy atom. The zero-order valence-electron chi connectivity index (χ0n) is 18.0. The molecule has 2 aliphatic rings. The minimum atomic E-state index is -3.52. The second-order valence-electron chi connectivity index (χ2n) is 8.23. The number of aromatic nitrogens is 2. The molecule has 2 saturated heterocycles. The number of hydrogen-bond donors (Lipinski definition) is 0. The quantitative estimate of drug-likeness (QED) is 0.596. The molecule has 5 rings (SSSR count). The van der Waals surface area contributed by atoms with Crippen LogP contribution in [0.15, 0.2) is 71.6 Å². The van der Waals surface area contributed by atoms with E-state index >= 15 is 0 Å². The van der Waals surface area contributed by atoms with Gasteiger partial charge in [0.25, 0.3) is 0 Å². The molecule has 2 aliphatic heterocycles. The van der Waals surface area contributed by atoms with Crippen molar-refractivity contribution in [3.8, 4) is 11.1 Å². The van der Waals surface area contributed by atoms with Crippen LogP contribution in [0.2, 0.25) is 0 Å². The maximum atomic E-state index is 13.1. The van der Waals surface area contributed by atoms with Gasteiger partial charge in [-0.2, -0.15) is 4.31 Å². The van der Waals surface area contributed by atoms with Gasteiger partial charge in [-0.1, -0.05) is 42.5 Å². The van der Waals surface area contributed by atoms with Crippen LogP contribution in [0.5, 0.6) is 0 Å². The Morgan fingerprint density at radius 2 is 1.12 bits per heavy atom. The largest absolute Gasteiger partial charge is 0.355 e. The highest BCUT2D eigenvalue weighted by atomic mass is 32.2. The van der Waals surface area contributed by atoms with Gasteiger partial charge in [0, 0.05) is 39.3 Å². The number of nitrogens with zero attached hydrogens (tertiary/aromatic N) is 5.